The molecule has 0 atom stereocenters. The summed E-state index contributed by atoms with van der Waals surface area (Å²) < 4.78 is 2.23. The zero-order chi connectivity index (χ0) is 16.1. The molecule has 1 N–H and O–H groups in total. The monoisotopic (exact) mass is 313 g/mol. The first-order chi connectivity index (χ1) is 11.3. The molecule has 4 heteroatoms. The van der Waals surface area contributed by atoms with Gasteiger partial charge < -0.3 is 9.88 Å². The van der Waals surface area contributed by atoms with Gasteiger partial charge in [0.2, 0.25) is 5.91 Å². The number of fused-ring (bicyclic) bond motifs is 1. The molecule has 1 aliphatic rings. The van der Waals surface area contributed by atoms with E-state index in [2.05, 4.69) is 34.1 Å². The molecular weight excluding hydrogens is 286 g/mol. The van der Waals surface area contributed by atoms with Crippen LogP contribution in [0.5, 0.6) is 0 Å². The molecule has 1 aliphatic carbocycles. The maximum absolute atomic E-state index is 12.2. The van der Waals surface area contributed by atoms with Crippen LogP contribution in [-0.4, -0.2) is 22.0 Å². The van der Waals surface area contributed by atoms with Crippen LogP contribution in [0.25, 0.3) is 11.0 Å². The topological polar surface area (TPSA) is 46.9 Å². The SMILES string of the molecule is CCCn1cc(CCNC(=O)C2CCCCC2)c2cccnc21. The highest BCUT2D eigenvalue weighted by molar-refractivity contribution is 5.81. The van der Waals surface area contributed by atoms with E-state index in [4.69, 9.17) is 0 Å². The highest BCUT2D eigenvalue weighted by Crippen LogP contribution is 2.24. The van der Waals surface area contributed by atoms with Crippen molar-refractivity contribution in [3.05, 3.63) is 30.1 Å². The van der Waals surface area contributed by atoms with Crippen molar-refractivity contribution in [1.29, 1.82) is 0 Å². The van der Waals surface area contributed by atoms with Crippen molar-refractivity contribution in [2.24, 2.45) is 5.92 Å². The van der Waals surface area contributed by atoms with E-state index < -0.39 is 0 Å². The molecule has 0 radical (unpaired) electrons. The lowest BCUT2D eigenvalue weighted by atomic mass is 9.88. The number of carbonyl (C=O) groups excluding carboxylic acids is 1. The van der Waals surface area contributed by atoms with E-state index in [0.29, 0.717) is 0 Å². The number of hydrogen-bond acceptors (Lipinski definition) is 2. The van der Waals surface area contributed by atoms with Gasteiger partial charge in [-0.15, -0.1) is 0 Å². The average Bonchev–Trinajstić information content (AvgIpc) is 2.94. The lowest BCUT2D eigenvalue weighted by Gasteiger charge is -2.20. The van der Waals surface area contributed by atoms with Crippen LogP contribution in [0.4, 0.5) is 0 Å². The Balaban J connectivity index is 1.61. The van der Waals surface area contributed by atoms with Crippen LogP contribution in [0.15, 0.2) is 24.5 Å². The second-order valence-corrected chi connectivity index (χ2v) is 6.60. The highest BCUT2D eigenvalue weighted by Gasteiger charge is 2.20. The largest absolute Gasteiger partial charge is 0.356 e. The summed E-state index contributed by atoms with van der Waals surface area (Å²) in [4.78, 5) is 16.7. The minimum Gasteiger partial charge on any atom is -0.356 e. The molecule has 2 aromatic rings. The van der Waals surface area contributed by atoms with Gasteiger partial charge in [-0.05, 0) is 43.4 Å². The predicted molar refractivity (Wildman–Crippen MR) is 93.3 cm³/mol. The Bertz CT molecular complexity index is 656. The molecule has 124 valence electrons. The standard InChI is InChI=1S/C19H27N3O/c1-2-13-22-14-16(17-9-6-11-20-18(17)22)10-12-21-19(23)15-7-4-3-5-8-15/h6,9,11,14-15H,2-5,7-8,10,12-13H2,1H3,(H,21,23). The van der Waals surface area contributed by atoms with Gasteiger partial charge in [-0.3, -0.25) is 4.79 Å². The van der Waals surface area contributed by atoms with E-state index in [9.17, 15) is 4.79 Å². The van der Waals surface area contributed by atoms with Gasteiger partial charge in [-0.25, -0.2) is 4.98 Å². The van der Waals surface area contributed by atoms with E-state index >= 15 is 0 Å². The fraction of sp³-hybridized carbons (Fsp3) is 0.579. The summed E-state index contributed by atoms with van der Waals surface area (Å²) in [5, 5.41) is 4.35. The molecule has 0 aromatic carbocycles. The lowest BCUT2D eigenvalue weighted by Crippen LogP contribution is -2.33. The third-order valence-corrected chi connectivity index (χ3v) is 4.85. The van der Waals surface area contributed by atoms with Crippen molar-refractivity contribution in [3.63, 3.8) is 0 Å². The van der Waals surface area contributed by atoms with E-state index in [1.165, 1.54) is 30.2 Å². The van der Waals surface area contributed by atoms with Gasteiger partial charge in [0.05, 0.1) is 0 Å². The van der Waals surface area contributed by atoms with Gasteiger partial charge in [0, 0.05) is 36.8 Å². The molecule has 1 saturated carbocycles. The minimum atomic E-state index is 0.242. The van der Waals surface area contributed by atoms with Crippen LogP contribution in [0.1, 0.15) is 51.0 Å². The molecule has 0 aliphatic heterocycles. The van der Waals surface area contributed by atoms with Gasteiger partial charge >= 0.3 is 0 Å². The molecule has 0 spiro atoms. The quantitative estimate of drug-likeness (QED) is 0.884. The molecule has 1 fully saturated rings. The van der Waals surface area contributed by atoms with Crippen molar-refractivity contribution in [3.8, 4) is 0 Å². The molecule has 1 amide bonds. The highest BCUT2D eigenvalue weighted by atomic mass is 16.1. The third-order valence-electron chi connectivity index (χ3n) is 4.85. The van der Waals surface area contributed by atoms with E-state index in [1.807, 2.05) is 12.3 Å². The van der Waals surface area contributed by atoms with Gasteiger partial charge in [-0.1, -0.05) is 26.2 Å². The van der Waals surface area contributed by atoms with E-state index in [1.54, 1.807) is 0 Å². The minimum absolute atomic E-state index is 0.242. The second kappa shape index (κ2) is 7.62. The first-order valence-electron chi connectivity index (χ1n) is 9.00. The average molecular weight is 313 g/mol. The number of aromatic nitrogens is 2. The van der Waals surface area contributed by atoms with Gasteiger partial charge in [0.1, 0.15) is 5.65 Å². The summed E-state index contributed by atoms with van der Waals surface area (Å²) in [6, 6.07) is 4.12. The van der Waals surface area contributed by atoms with Crippen molar-refractivity contribution in [2.45, 2.75) is 58.4 Å². The number of pyridine rings is 1. The summed E-state index contributed by atoms with van der Waals surface area (Å²) in [7, 11) is 0. The van der Waals surface area contributed by atoms with Gasteiger partial charge in [0.15, 0.2) is 0 Å². The summed E-state index contributed by atoms with van der Waals surface area (Å²) in [5.74, 6) is 0.493. The molecular formula is C19H27N3O. The molecule has 0 saturated heterocycles. The molecule has 4 nitrogen and oxygen atoms in total. The summed E-state index contributed by atoms with van der Waals surface area (Å²) in [6.07, 6.45) is 11.8. The Morgan fingerprint density at radius 2 is 2.17 bits per heavy atom. The summed E-state index contributed by atoms with van der Waals surface area (Å²) >= 11 is 0. The first-order valence-corrected chi connectivity index (χ1v) is 9.00. The fourth-order valence-electron chi connectivity index (χ4n) is 3.64. The first kappa shape index (κ1) is 16.0. The lowest BCUT2D eigenvalue weighted by molar-refractivity contribution is -0.125. The smallest absolute Gasteiger partial charge is 0.223 e. The Kier molecular flexibility index (Phi) is 5.31. The van der Waals surface area contributed by atoms with Gasteiger partial charge in [0.25, 0.3) is 0 Å². The normalized spacial score (nSPS) is 15.9. The van der Waals surface area contributed by atoms with Crippen LogP contribution >= 0.6 is 0 Å². The molecule has 3 rings (SSSR count). The molecule has 2 aromatic heterocycles. The number of amides is 1. The van der Waals surface area contributed by atoms with Crippen molar-refractivity contribution in [2.75, 3.05) is 6.54 Å². The number of hydrogen-bond donors (Lipinski definition) is 1. The maximum atomic E-state index is 12.2. The number of aryl methyl sites for hydroxylation is 1. The Morgan fingerprint density at radius 1 is 1.35 bits per heavy atom. The number of nitrogens with one attached hydrogen (secondary N) is 1. The molecule has 2 heterocycles. The maximum Gasteiger partial charge on any atom is 0.223 e. The van der Waals surface area contributed by atoms with Crippen molar-refractivity contribution >= 4 is 16.9 Å². The zero-order valence-corrected chi connectivity index (χ0v) is 14.1. The van der Waals surface area contributed by atoms with Crippen LogP contribution in [0.3, 0.4) is 0 Å². The Hall–Kier alpha value is -1.84. The third kappa shape index (κ3) is 3.74. The summed E-state index contributed by atoms with van der Waals surface area (Å²) in [6.45, 7) is 3.89. The van der Waals surface area contributed by atoms with Crippen LogP contribution in [-0.2, 0) is 17.8 Å². The van der Waals surface area contributed by atoms with E-state index in [0.717, 1.165) is 44.4 Å². The summed E-state index contributed by atoms with van der Waals surface area (Å²) in [5.41, 5.74) is 2.34. The van der Waals surface area contributed by atoms with Crippen molar-refractivity contribution in [1.82, 2.24) is 14.9 Å². The van der Waals surface area contributed by atoms with Crippen LogP contribution in [0.2, 0.25) is 0 Å². The number of rotatable bonds is 6. The van der Waals surface area contributed by atoms with E-state index in [-0.39, 0.29) is 11.8 Å². The Morgan fingerprint density at radius 3 is 2.96 bits per heavy atom. The van der Waals surface area contributed by atoms with Crippen LogP contribution < -0.4 is 5.32 Å². The molecule has 0 unspecified atom stereocenters. The Labute approximate surface area is 138 Å². The molecule has 23 heavy (non-hydrogen) atoms. The van der Waals surface area contributed by atoms with Crippen LogP contribution in [0, 0.1) is 5.92 Å². The fourth-order valence-corrected chi connectivity index (χ4v) is 3.64. The molecule has 0 bridgehead atoms. The van der Waals surface area contributed by atoms with Crippen molar-refractivity contribution < 1.29 is 4.79 Å². The zero-order valence-electron chi connectivity index (χ0n) is 14.1. The van der Waals surface area contributed by atoms with Gasteiger partial charge in [-0.2, -0.15) is 0 Å². The predicted octanol–water partition coefficient (Wildman–Crippen LogP) is 3.69. The second-order valence-electron chi connectivity index (χ2n) is 6.60. The number of carbonyl (C=O) groups is 1. The number of nitrogens with zero attached hydrogens (tertiary/aromatic N) is 2.